The molecular weight excluding hydrogens is 238 g/mol. The highest BCUT2D eigenvalue weighted by Gasteiger charge is 2.15. The third kappa shape index (κ3) is 2.63. The first kappa shape index (κ1) is 12.5. The second-order valence-corrected chi connectivity index (χ2v) is 3.85. The summed E-state index contributed by atoms with van der Waals surface area (Å²) in [5, 5.41) is 25.3. The number of fused-ring (bicyclic) bond motifs is 1. The van der Waals surface area contributed by atoms with Crippen LogP contribution in [0.25, 0.3) is 11.0 Å². The molecule has 1 aromatic carbocycles. The molecule has 2 rings (SSSR count). The van der Waals surface area contributed by atoms with Crippen LogP contribution in [0.3, 0.4) is 0 Å². The molecule has 0 atom stereocenters. The molecule has 2 aromatic rings. The smallest absolute Gasteiger partial charge is 0.335 e. The van der Waals surface area contributed by atoms with E-state index >= 15 is 0 Å². The van der Waals surface area contributed by atoms with Gasteiger partial charge in [0.25, 0.3) is 0 Å². The molecule has 0 spiro atoms. The van der Waals surface area contributed by atoms with Crippen molar-refractivity contribution >= 4 is 17.0 Å². The van der Waals surface area contributed by atoms with Gasteiger partial charge in [0.1, 0.15) is 11.0 Å². The van der Waals surface area contributed by atoms with Gasteiger partial charge in [-0.05, 0) is 17.3 Å². The van der Waals surface area contributed by atoms with Crippen molar-refractivity contribution in [1.29, 1.82) is 0 Å². The summed E-state index contributed by atoms with van der Waals surface area (Å²) in [4.78, 5) is 17.6. The summed E-state index contributed by atoms with van der Waals surface area (Å²) in [6.07, 6.45) is -0.0822. The molecule has 0 saturated heterocycles. The Hall–Kier alpha value is -1.99. The molecule has 0 saturated carbocycles. The van der Waals surface area contributed by atoms with Gasteiger partial charge in [0, 0.05) is 19.1 Å². The number of hydrogen-bond donors (Lipinski definition) is 2. The van der Waals surface area contributed by atoms with Gasteiger partial charge in [0.15, 0.2) is 0 Å². The third-order valence-corrected chi connectivity index (χ3v) is 2.48. The van der Waals surface area contributed by atoms with Gasteiger partial charge in [-0.1, -0.05) is 17.0 Å². The van der Waals surface area contributed by atoms with Crippen molar-refractivity contribution in [3.05, 3.63) is 24.3 Å². The number of aromatic nitrogens is 3. The third-order valence-electron chi connectivity index (χ3n) is 2.48. The zero-order valence-corrected chi connectivity index (χ0v) is 9.56. The predicted octanol–water partition coefficient (Wildman–Crippen LogP) is -0.623. The molecular formula is C11H13N3O4. The van der Waals surface area contributed by atoms with Crippen LogP contribution in [0.4, 0.5) is 0 Å². The lowest BCUT2D eigenvalue weighted by Gasteiger charge is -2.09. The van der Waals surface area contributed by atoms with Crippen molar-refractivity contribution in [2.45, 2.75) is 6.42 Å². The Balaban J connectivity index is 2.07. The normalized spacial score (nSPS) is 11.1. The predicted molar refractivity (Wildman–Crippen MR) is 61.4 cm³/mol. The number of hydrogen-bond acceptors (Lipinski definition) is 6. The minimum Gasteiger partial charge on any atom is -0.396 e. The van der Waals surface area contributed by atoms with Crippen molar-refractivity contribution in [3.63, 3.8) is 0 Å². The van der Waals surface area contributed by atoms with Crippen LogP contribution in [-0.2, 0) is 4.79 Å². The summed E-state index contributed by atoms with van der Waals surface area (Å²) in [6.45, 7) is -0.548. The highest BCUT2D eigenvalue weighted by molar-refractivity contribution is 5.75. The second-order valence-electron chi connectivity index (χ2n) is 3.85. The summed E-state index contributed by atoms with van der Waals surface area (Å²) in [6, 6.07) is 7.05. The molecule has 1 aromatic heterocycles. The van der Waals surface area contributed by atoms with E-state index in [1.54, 1.807) is 24.3 Å². The average molecular weight is 251 g/mol. The summed E-state index contributed by atoms with van der Waals surface area (Å²) >= 11 is 0. The molecule has 0 fully saturated rings. The minimum absolute atomic E-state index is 0.0822. The number of benzene rings is 1. The van der Waals surface area contributed by atoms with E-state index in [0.29, 0.717) is 11.0 Å². The van der Waals surface area contributed by atoms with E-state index in [4.69, 9.17) is 15.1 Å². The Bertz CT molecular complexity index is 536. The maximum atomic E-state index is 11.5. The number of aliphatic hydroxyl groups excluding tert-OH is 2. The van der Waals surface area contributed by atoms with Crippen LogP contribution in [0.15, 0.2) is 24.3 Å². The first-order chi connectivity index (χ1) is 8.74. The van der Waals surface area contributed by atoms with Crippen molar-refractivity contribution in [1.82, 2.24) is 15.2 Å². The molecule has 0 amide bonds. The summed E-state index contributed by atoms with van der Waals surface area (Å²) < 4.78 is 0. The van der Waals surface area contributed by atoms with Gasteiger partial charge < -0.3 is 15.1 Å². The van der Waals surface area contributed by atoms with Gasteiger partial charge in [0.2, 0.25) is 0 Å². The molecule has 1 heterocycles. The average Bonchev–Trinajstić information content (AvgIpc) is 2.79. The van der Waals surface area contributed by atoms with E-state index in [-0.39, 0.29) is 19.6 Å². The van der Waals surface area contributed by atoms with Gasteiger partial charge in [0.05, 0.1) is 6.42 Å². The van der Waals surface area contributed by atoms with Gasteiger partial charge in [-0.3, -0.25) is 0 Å². The minimum atomic E-state index is -0.584. The number of para-hydroxylation sites is 1. The van der Waals surface area contributed by atoms with E-state index in [2.05, 4.69) is 10.3 Å². The molecule has 0 aliphatic carbocycles. The fourth-order valence-corrected chi connectivity index (χ4v) is 1.47. The van der Waals surface area contributed by atoms with E-state index in [1.807, 2.05) is 0 Å². The van der Waals surface area contributed by atoms with Gasteiger partial charge in [-0.2, -0.15) is 0 Å². The lowest BCUT2D eigenvalue weighted by molar-refractivity contribution is -0.147. The zero-order chi connectivity index (χ0) is 13.0. The monoisotopic (exact) mass is 251 g/mol. The van der Waals surface area contributed by atoms with Crippen LogP contribution in [0, 0.1) is 5.92 Å². The molecule has 2 N–H and O–H groups in total. The van der Waals surface area contributed by atoms with E-state index in [0.717, 1.165) is 4.85 Å². The lowest BCUT2D eigenvalue weighted by Crippen LogP contribution is -2.25. The fraction of sp³-hybridized carbons (Fsp3) is 0.364. The van der Waals surface area contributed by atoms with Crippen LogP contribution in [0.5, 0.6) is 0 Å². The molecule has 7 heteroatoms. The van der Waals surface area contributed by atoms with Gasteiger partial charge >= 0.3 is 5.97 Å². The molecule has 0 radical (unpaired) electrons. The fourth-order valence-electron chi connectivity index (χ4n) is 1.47. The Morgan fingerprint density at radius 2 is 2.06 bits per heavy atom. The molecule has 0 unspecified atom stereocenters. The summed E-state index contributed by atoms with van der Waals surface area (Å²) in [5.74, 6) is -1.11. The highest BCUT2D eigenvalue weighted by Crippen LogP contribution is 2.09. The Morgan fingerprint density at radius 3 is 2.78 bits per heavy atom. The maximum absolute atomic E-state index is 11.5. The molecule has 7 nitrogen and oxygen atoms in total. The standard InChI is InChI=1S/C11H13N3O4/c15-6-8(7-16)5-11(17)18-14-10-4-2-1-3-9(10)12-13-14/h1-4,8,15-16H,5-7H2. The van der Waals surface area contributed by atoms with Crippen molar-refractivity contribution in [2.24, 2.45) is 5.92 Å². The second kappa shape index (κ2) is 5.56. The SMILES string of the molecule is O=C(CC(CO)CO)On1nnc2ccccc21. The Labute approximate surface area is 103 Å². The lowest BCUT2D eigenvalue weighted by atomic mass is 10.1. The van der Waals surface area contributed by atoms with E-state index < -0.39 is 11.9 Å². The molecule has 0 bridgehead atoms. The van der Waals surface area contributed by atoms with Crippen LogP contribution >= 0.6 is 0 Å². The zero-order valence-electron chi connectivity index (χ0n) is 9.56. The topological polar surface area (TPSA) is 97.5 Å². The van der Waals surface area contributed by atoms with Gasteiger partial charge in [-0.25, -0.2) is 4.79 Å². The van der Waals surface area contributed by atoms with Gasteiger partial charge in [-0.15, -0.1) is 5.10 Å². The molecule has 18 heavy (non-hydrogen) atoms. The van der Waals surface area contributed by atoms with Crippen LogP contribution in [0.1, 0.15) is 6.42 Å². The molecule has 0 aliphatic heterocycles. The largest absolute Gasteiger partial charge is 0.396 e. The first-order valence-electron chi connectivity index (χ1n) is 5.48. The van der Waals surface area contributed by atoms with Crippen molar-refractivity contribution in [3.8, 4) is 0 Å². The van der Waals surface area contributed by atoms with E-state index in [1.165, 1.54) is 0 Å². The maximum Gasteiger partial charge on any atom is 0.335 e. The number of carbonyl (C=O) groups is 1. The van der Waals surface area contributed by atoms with Crippen molar-refractivity contribution < 1.29 is 19.8 Å². The number of aliphatic hydroxyl groups is 2. The number of rotatable bonds is 5. The van der Waals surface area contributed by atoms with E-state index in [9.17, 15) is 4.79 Å². The summed E-state index contributed by atoms with van der Waals surface area (Å²) in [5.41, 5.74) is 1.20. The van der Waals surface area contributed by atoms with Crippen molar-refractivity contribution in [2.75, 3.05) is 13.2 Å². The summed E-state index contributed by atoms with van der Waals surface area (Å²) in [7, 11) is 0. The quantitative estimate of drug-likeness (QED) is 0.687. The van der Waals surface area contributed by atoms with Crippen LogP contribution in [0.2, 0.25) is 0 Å². The van der Waals surface area contributed by atoms with Crippen LogP contribution < -0.4 is 4.84 Å². The highest BCUT2D eigenvalue weighted by atomic mass is 16.7. The Morgan fingerprint density at radius 1 is 1.33 bits per heavy atom. The Kier molecular flexibility index (Phi) is 3.85. The molecule has 0 aliphatic rings. The number of nitrogens with zero attached hydrogens (tertiary/aromatic N) is 3. The van der Waals surface area contributed by atoms with Crippen LogP contribution in [-0.4, -0.2) is 44.6 Å². The number of carbonyl (C=O) groups excluding carboxylic acids is 1. The first-order valence-corrected chi connectivity index (χ1v) is 5.48. The molecule has 96 valence electrons.